The van der Waals surface area contributed by atoms with E-state index >= 15 is 0 Å². The second-order valence-corrected chi connectivity index (χ2v) is 8.64. The van der Waals surface area contributed by atoms with Gasteiger partial charge in [0.25, 0.3) is 5.91 Å². The molecule has 1 amide bonds. The van der Waals surface area contributed by atoms with Gasteiger partial charge in [-0.2, -0.15) is 0 Å². The number of fused-ring (bicyclic) bond motifs is 1. The summed E-state index contributed by atoms with van der Waals surface area (Å²) >= 11 is 0. The van der Waals surface area contributed by atoms with Crippen LogP contribution in [0.25, 0.3) is 22.6 Å². The molecular weight excluding hydrogens is 400 g/mol. The van der Waals surface area contributed by atoms with Crippen molar-refractivity contribution in [2.45, 2.75) is 34.6 Å². The van der Waals surface area contributed by atoms with E-state index in [2.05, 4.69) is 38.0 Å². The number of carbonyl (C=O) groups excluding carboxylic acids is 1. The summed E-state index contributed by atoms with van der Waals surface area (Å²) in [6.45, 7) is 10.9. The van der Waals surface area contributed by atoms with Crippen LogP contribution in [0.2, 0.25) is 0 Å². The molecule has 1 heterocycles. The number of carbonyl (C=O) groups is 1. The van der Waals surface area contributed by atoms with Gasteiger partial charge >= 0.3 is 0 Å². The van der Waals surface area contributed by atoms with E-state index in [4.69, 9.17) is 9.15 Å². The maximum Gasteiger partial charge on any atom is 0.255 e. The molecule has 0 saturated carbocycles. The zero-order valence-corrected chi connectivity index (χ0v) is 19.2. The first kappa shape index (κ1) is 21.6. The minimum atomic E-state index is -0.176. The molecule has 0 saturated heterocycles. The summed E-state index contributed by atoms with van der Waals surface area (Å²) in [5.74, 6) is 1.56. The second-order valence-electron chi connectivity index (χ2n) is 8.64. The van der Waals surface area contributed by atoms with Crippen LogP contribution < -0.4 is 10.1 Å². The third-order valence-electron chi connectivity index (χ3n) is 5.44. The number of nitrogens with zero attached hydrogens (tertiary/aromatic N) is 1. The van der Waals surface area contributed by atoms with E-state index < -0.39 is 0 Å². The minimum absolute atomic E-state index is 0.176. The predicted octanol–water partition coefficient (Wildman–Crippen LogP) is 6.71. The molecule has 5 heteroatoms. The molecule has 0 spiro atoms. The lowest BCUT2D eigenvalue weighted by atomic mass is 10.1. The van der Waals surface area contributed by atoms with Crippen molar-refractivity contribution in [1.29, 1.82) is 0 Å². The van der Waals surface area contributed by atoms with Crippen molar-refractivity contribution in [3.8, 4) is 17.2 Å². The van der Waals surface area contributed by atoms with Gasteiger partial charge in [-0.05, 0) is 91.9 Å². The molecular formula is C27H28N2O3. The Hall–Kier alpha value is -3.60. The lowest BCUT2D eigenvalue weighted by Gasteiger charge is -2.11. The molecule has 5 nitrogen and oxygen atoms in total. The van der Waals surface area contributed by atoms with Crippen LogP contribution in [0.1, 0.15) is 40.9 Å². The molecule has 4 rings (SSSR count). The molecule has 32 heavy (non-hydrogen) atoms. The molecule has 0 aliphatic heterocycles. The molecule has 0 aliphatic carbocycles. The molecule has 164 valence electrons. The fourth-order valence-corrected chi connectivity index (χ4v) is 3.35. The molecule has 1 aromatic heterocycles. The van der Waals surface area contributed by atoms with Crippen LogP contribution in [0, 0.1) is 26.7 Å². The fourth-order valence-electron chi connectivity index (χ4n) is 3.35. The first-order valence-corrected chi connectivity index (χ1v) is 10.8. The van der Waals surface area contributed by atoms with Crippen LogP contribution in [-0.4, -0.2) is 17.5 Å². The number of aromatic nitrogens is 1. The normalized spacial score (nSPS) is 11.2. The molecule has 1 N–H and O–H groups in total. The number of amides is 1. The van der Waals surface area contributed by atoms with E-state index in [9.17, 15) is 4.79 Å². The number of rotatable bonds is 6. The first-order valence-electron chi connectivity index (χ1n) is 10.8. The number of hydrogen-bond donors (Lipinski definition) is 1. The molecule has 3 aromatic carbocycles. The summed E-state index contributed by atoms with van der Waals surface area (Å²) < 4.78 is 11.7. The molecule has 0 bridgehead atoms. The SMILES string of the molecule is Cc1cc2nc(-c3ccc(C)c(NC(=O)c4ccc(OCC(C)C)cc4)c3)oc2cc1C. The second kappa shape index (κ2) is 8.87. The number of benzene rings is 3. The van der Waals surface area contributed by atoms with Crippen LogP contribution >= 0.6 is 0 Å². The van der Waals surface area contributed by atoms with E-state index in [0.717, 1.165) is 39.2 Å². The molecule has 0 fully saturated rings. The lowest BCUT2D eigenvalue weighted by Crippen LogP contribution is -2.13. The molecule has 4 aromatic rings. The lowest BCUT2D eigenvalue weighted by molar-refractivity contribution is 0.102. The van der Waals surface area contributed by atoms with Gasteiger partial charge in [0.2, 0.25) is 5.89 Å². The van der Waals surface area contributed by atoms with Crippen LogP contribution in [-0.2, 0) is 0 Å². The number of anilines is 1. The van der Waals surface area contributed by atoms with Gasteiger partial charge in [0.1, 0.15) is 11.3 Å². The highest BCUT2D eigenvalue weighted by Gasteiger charge is 2.13. The average Bonchev–Trinajstić information content (AvgIpc) is 3.17. The van der Waals surface area contributed by atoms with E-state index in [1.807, 2.05) is 49.4 Å². The van der Waals surface area contributed by atoms with E-state index in [1.165, 1.54) is 5.56 Å². The van der Waals surface area contributed by atoms with Crippen molar-refractivity contribution in [1.82, 2.24) is 4.98 Å². The molecule has 0 radical (unpaired) electrons. The van der Waals surface area contributed by atoms with Gasteiger partial charge in [-0.25, -0.2) is 4.98 Å². The summed E-state index contributed by atoms with van der Waals surface area (Å²) in [6.07, 6.45) is 0. The number of ether oxygens (including phenoxy) is 1. The largest absolute Gasteiger partial charge is 0.493 e. The van der Waals surface area contributed by atoms with Crippen molar-refractivity contribution in [3.05, 3.63) is 76.9 Å². The fraction of sp³-hybridized carbons (Fsp3) is 0.259. The highest BCUT2D eigenvalue weighted by molar-refractivity contribution is 6.05. The smallest absolute Gasteiger partial charge is 0.255 e. The number of oxazole rings is 1. The Morgan fingerprint density at radius 1 is 0.969 bits per heavy atom. The first-order chi connectivity index (χ1) is 15.3. The van der Waals surface area contributed by atoms with Crippen molar-refractivity contribution in [2.75, 3.05) is 11.9 Å². The summed E-state index contributed by atoms with van der Waals surface area (Å²) in [4.78, 5) is 17.5. The Labute approximate surface area is 188 Å². The Kier molecular flexibility index (Phi) is 5.99. The van der Waals surface area contributed by atoms with E-state index in [1.54, 1.807) is 12.1 Å². The van der Waals surface area contributed by atoms with Gasteiger partial charge in [0.05, 0.1) is 6.61 Å². The summed E-state index contributed by atoms with van der Waals surface area (Å²) in [5, 5.41) is 3.01. The Balaban J connectivity index is 1.55. The summed E-state index contributed by atoms with van der Waals surface area (Å²) in [7, 11) is 0. The Morgan fingerprint density at radius 2 is 1.69 bits per heavy atom. The minimum Gasteiger partial charge on any atom is -0.493 e. The zero-order valence-electron chi connectivity index (χ0n) is 19.2. The van der Waals surface area contributed by atoms with Crippen molar-refractivity contribution in [3.63, 3.8) is 0 Å². The van der Waals surface area contributed by atoms with Gasteiger partial charge in [0.15, 0.2) is 5.58 Å². The third-order valence-corrected chi connectivity index (χ3v) is 5.44. The third kappa shape index (κ3) is 4.67. The summed E-state index contributed by atoms with van der Waals surface area (Å²) in [6, 6.07) is 17.0. The molecule has 0 unspecified atom stereocenters. The van der Waals surface area contributed by atoms with E-state index in [0.29, 0.717) is 24.0 Å². The quantitative estimate of drug-likeness (QED) is 0.371. The number of nitrogens with one attached hydrogen (secondary N) is 1. The van der Waals surface area contributed by atoms with Crippen molar-refractivity contribution in [2.24, 2.45) is 5.92 Å². The molecule has 0 atom stereocenters. The Morgan fingerprint density at radius 3 is 2.41 bits per heavy atom. The zero-order chi connectivity index (χ0) is 22.8. The maximum absolute atomic E-state index is 12.8. The number of hydrogen-bond acceptors (Lipinski definition) is 4. The predicted molar refractivity (Wildman–Crippen MR) is 128 cm³/mol. The van der Waals surface area contributed by atoms with Crippen LogP contribution in [0.5, 0.6) is 5.75 Å². The van der Waals surface area contributed by atoms with Crippen LogP contribution in [0.3, 0.4) is 0 Å². The van der Waals surface area contributed by atoms with Crippen LogP contribution in [0.15, 0.2) is 59.0 Å². The van der Waals surface area contributed by atoms with Crippen molar-refractivity contribution < 1.29 is 13.9 Å². The maximum atomic E-state index is 12.8. The highest BCUT2D eigenvalue weighted by atomic mass is 16.5. The van der Waals surface area contributed by atoms with Gasteiger partial charge in [0, 0.05) is 16.8 Å². The standard InChI is InChI=1S/C27H28N2O3/c1-16(2)15-31-22-10-8-20(9-11-22)26(30)28-23-14-21(7-6-17(23)3)27-29-24-12-18(4)19(5)13-25(24)32-27/h6-14,16H,15H2,1-5H3,(H,28,30). The van der Waals surface area contributed by atoms with Gasteiger partial charge in [-0.1, -0.05) is 19.9 Å². The summed E-state index contributed by atoms with van der Waals surface area (Å²) in [5.41, 5.74) is 6.99. The topological polar surface area (TPSA) is 64.4 Å². The highest BCUT2D eigenvalue weighted by Crippen LogP contribution is 2.29. The van der Waals surface area contributed by atoms with Crippen molar-refractivity contribution >= 4 is 22.7 Å². The van der Waals surface area contributed by atoms with Crippen LogP contribution in [0.4, 0.5) is 5.69 Å². The van der Waals surface area contributed by atoms with Gasteiger partial charge in [-0.15, -0.1) is 0 Å². The van der Waals surface area contributed by atoms with E-state index in [-0.39, 0.29) is 5.91 Å². The number of aryl methyl sites for hydroxylation is 3. The van der Waals surface area contributed by atoms with Gasteiger partial charge < -0.3 is 14.5 Å². The average molecular weight is 429 g/mol. The molecule has 0 aliphatic rings. The monoisotopic (exact) mass is 428 g/mol. The van der Waals surface area contributed by atoms with Gasteiger partial charge in [-0.3, -0.25) is 4.79 Å². The Bertz CT molecular complexity index is 1230.